The molecule has 0 aliphatic rings. The third kappa shape index (κ3) is 4.38. The van der Waals surface area contributed by atoms with Gasteiger partial charge in [0.1, 0.15) is 0 Å². The molecule has 0 fully saturated rings. The predicted molar refractivity (Wildman–Crippen MR) is 104 cm³/mol. The highest BCUT2D eigenvalue weighted by Gasteiger charge is 2.18. The molecule has 3 nitrogen and oxygen atoms in total. The van der Waals surface area contributed by atoms with Crippen LogP contribution in [-0.4, -0.2) is 4.86 Å². The van der Waals surface area contributed by atoms with Crippen molar-refractivity contribution >= 4 is 107 Å². The molecule has 0 bridgehead atoms. The molecule has 0 atom stereocenters. The lowest BCUT2D eigenvalue weighted by molar-refractivity contribution is -0.437. The SMILES string of the molecule is [O-][N+](=Nc1c(Br)cc(Br)cc1Br)c1c(Br)cc(Br)cc1Br. The van der Waals surface area contributed by atoms with E-state index in [-0.39, 0.29) is 0 Å². The highest BCUT2D eigenvalue weighted by molar-refractivity contribution is 9.12. The topological polar surface area (TPSA) is 38.4 Å². The Morgan fingerprint density at radius 3 is 1.52 bits per heavy atom. The summed E-state index contributed by atoms with van der Waals surface area (Å²) >= 11 is 20.3. The van der Waals surface area contributed by atoms with E-state index in [1.807, 2.05) is 12.1 Å². The molecule has 0 unspecified atom stereocenters. The van der Waals surface area contributed by atoms with Crippen LogP contribution < -0.4 is 0 Å². The summed E-state index contributed by atoms with van der Waals surface area (Å²) in [5, 5.41) is 16.5. The highest BCUT2D eigenvalue weighted by Crippen LogP contribution is 2.40. The smallest absolute Gasteiger partial charge is 0.273 e. The minimum Gasteiger partial charge on any atom is -0.594 e. The van der Waals surface area contributed by atoms with Gasteiger partial charge in [0.15, 0.2) is 5.69 Å². The van der Waals surface area contributed by atoms with Gasteiger partial charge in [-0.15, -0.1) is 0 Å². The Kier molecular flexibility index (Phi) is 6.47. The number of hydrogen-bond donors (Lipinski definition) is 0. The molecule has 0 aliphatic carbocycles. The maximum Gasteiger partial charge on any atom is 0.273 e. The van der Waals surface area contributed by atoms with Gasteiger partial charge >= 0.3 is 0 Å². The summed E-state index contributed by atoms with van der Waals surface area (Å²) < 4.78 is 4.40. The molecule has 2 aromatic rings. The summed E-state index contributed by atoms with van der Waals surface area (Å²) in [6.07, 6.45) is 0. The van der Waals surface area contributed by atoms with Crippen LogP contribution in [0.3, 0.4) is 0 Å². The van der Waals surface area contributed by atoms with Gasteiger partial charge in [0.25, 0.3) is 5.69 Å². The Morgan fingerprint density at radius 2 is 1.10 bits per heavy atom. The van der Waals surface area contributed by atoms with Crippen LogP contribution >= 0.6 is 95.6 Å². The lowest BCUT2D eigenvalue weighted by atomic mass is 10.3. The quantitative estimate of drug-likeness (QED) is 0.180. The maximum atomic E-state index is 12.4. The summed E-state index contributed by atoms with van der Waals surface area (Å²) in [5.41, 5.74) is 0.898. The van der Waals surface area contributed by atoms with Gasteiger partial charge in [-0.2, -0.15) is 0 Å². The van der Waals surface area contributed by atoms with Gasteiger partial charge in [0.2, 0.25) is 0 Å². The minimum atomic E-state index is 0.389. The van der Waals surface area contributed by atoms with Crippen LogP contribution in [0.15, 0.2) is 56.2 Å². The molecule has 0 saturated heterocycles. The Hall–Kier alpha value is 0.720. The van der Waals surface area contributed by atoms with Gasteiger partial charge in [-0.3, -0.25) is 0 Å². The van der Waals surface area contributed by atoms with Gasteiger partial charge in [-0.1, -0.05) is 31.9 Å². The fourth-order valence-electron chi connectivity index (χ4n) is 1.49. The zero-order valence-electron chi connectivity index (χ0n) is 9.88. The van der Waals surface area contributed by atoms with Crippen LogP contribution in [0, 0.1) is 5.21 Å². The van der Waals surface area contributed by atoms with Gasteiger partial charge < -0.3 is 5.21 Å². The zero-order chi connectivity index (χ0) is 15.7. The van der Waals surface area contributed by atoms with E-state index >= 15 is 0 Å². The lowest BCUT2D eigenvalue weighted by Crippen LogP contribution is -1.94. The second-order valence-corrected chi connectivity index (χ2v) is 9.06. The second-order valence-electron chi connectivity index (χ2n) is 3.81. The molecule has 0 amide bonds. The number of hydrogen-bond acceptors (Lipinski definition) is 2. The molecule has 0 radical (unpaired) electrons. The summed E-state index contributed by atoms with van der Waals surface area (Å²) in [6, 6.07) is 7.21. The summed E-state index contributed by atoms with van der Waals surface area (Å²) in [4.78, 5) is 0.569. The maximum absolute atomic E-state index is 12.4. The van der Waals surface area contributed by atoms with Gasteiger partial charge in [0.05, 0.1) is 17.9 Å². The van der Waals surface area contributed by atoms with E-state index in [1.165, 1.54) is 0 Å². The monoisotopic (exact) mass is 666 g/mol. The van der Waals surface area contributed by atoms with Crippen molar-refractivity contribution in [2.45, 2.75) is 0 Å². The molecular formula is C12H4Br6N2O. The average Bonchev–Trinajstić information content (AvgIpc) is 2.32. The molecule has 21 heavy (non-hydrogen) atoms. The predicted octanol–water partition coefficient (Wildman–Crippen LogP) is 8.19. The first-order valence-corrected chi connectivity index (χ1v) is 10.0. The third-order valence-electron chi connectivity index (χ3n) is 2.35. The van der Waals surface area contributed by atoms with Crippen molar-refractivity contribution in [3.8, 4) is 0 Å². The first-order valence-electron chi connectivity index (χ1n) is 5.27. The fourth-order valence-corrected chi connectivity index (χ4v) is 6.47. The lowest BCUT2D eigenvalue weighted by Gasteiger charge is -2.07. The number of azo groups is 1. The van der Waals surface area contributed by atoms with Crippen molar-refractivity contribution in [2.24, 2.45) is 5.11 Å². The first-order chi connectivity index (χ1) is 9.79. The van der Waals surface area contributed by atoms with E-state index in [2.05, 4.69) is 101 Å². The molecule has 0 spiro atoms. The van der Waals surface area contributed by atoms with Crippen LogP contribution in [-0.2, 0) is 0 Å². The number of halogens is 6. The van der Waals surface area contributed by atoms with Crippen molar-refractivity contribution in [2.75, 3.05) is 0 Å². The van der Waals surface area contributed by atoms with Crippen LogP contribution in [0.5, 0.6) is 0 Å². The average molecular weight is 672 g/mol. The minimum absolute atomic E-state index is 0.389. The van der Waals surface area contributed by atoms with Crippen molar-refractivity contribution in [1.82, 2.24) is 0 Å². The number of nitrogens with zero attached hydrogens (tertiary/aromatic N) is 2. The van der Waals surface area contributed by atoms with E-state index in [1.54, 1.807) is 12.1 Å². The van der Waals surface area contributed by atoms with Crippen LogP contribution in [0.4, 0.5) is 11.4 Å². The van der Waals surface area contributed by atoms with E-state index in [4.69, 9.17) is 0 Å². The number of benzene rings is 2. The molecule has 0 saturated carbocycles. The summed E-state index contributed by atoms with van der Waals surface area (Å²) in [7, 11) is 0. The van der Waals surface area contributed by atoms with Crippen LogP contribution in [0.25, 0.3) is 0 Å². The standard InChI is InChI=1S/C12H4Br6N2O/c13-5-1-7(15)11(8(16)2-5)19-20(21)12-9(17)3-6(14)4-10(12)18/h1-4H. The van der Waals surface area contributed by atoms with E-state index < -0.39 is 0 Å². The molecule has 0 aliphatic heterocycles. The normalized spacial score (nSPS) is 11.8. The largest absolute Gasteiger partial charge is 0.594 e. The molecule has 0 N–H and O–H groups in total. The Bertz CT molecular complexity index is 701. The molecule has 0 heterocycles. The summed E-state index contributed by atoms with van der Waals surface area (Å²) in [6.45, 7) is 0. The Balaban J connectivity index is 2.58. The van der Waals surface area contributed by atoms with Crippen molar-refractivity contribution in [3.63, 3.8) is 0 Å². The van der Waals surface area contributed by atoms with E-state index in [9.17, 15) is 5.21 Å². The van der Waals surface area contributed by atoms with Gasteiger partial charge in [-0.05, 0) is 92.8 Å². The van der Waals surface area contributed by atoms with Crippen molar-refractivity contribution in [1.29, 1.82) is 0 Å². The second kappa shape index (κ2) is 7.53. The van der Waals surface area contributed by atoms with E-state index in [0.717, 1.165) is 8.95 Å². The molecule has 2 aromatic carbocycles. The highest BCUT2D eigenvalue weighted by atomic mass is 79.9. The fraction of sp³-hybridized carbons (Fsp3) is 0. The van der Waals surface area contributed by atoms with Crippen LogP contribution in [0.1, 0.15) is 0 Å². The molecular weight excluding hydrogens is 668 g/mol. The van der Waals surface area contributed by atoms with E-state index in [0.29, 0.717) is 34.1 Å². The Morgan fingerprint density at radius 1 is 0.714 bits per heavy atom. The molecule has 2 rings (SSSR count). The van der Waals surface area contributed by atoms with Crippen molar-refractivity contribution in [3.05, 3.63) is 56.3 Å². The third-order valence-corrected chi connectivity index (χ3v) is 5.68. The molecule has 110 valence electrons. The molecule has 0 aromatic heterocycles. The zero-order valence-corrected chi connectivity index (χ0v) is 19.4. The Labute approximate surface area is 171 Å². The van der Waals surface area contributed by atoms with Gasteiger partial charge in [0, 0.05) is 14.1 Å². The molecule has 9 heteroatoms. The first kappa shape index (κ1) is 18.1. The summed E-state index contributed by atoms with van der Waals surface area (Å²) in [5.74, 6) is 0. The van der Waals surface area contributed by atoms with Crippen LogP contribution in [0.2, 0.25) is 0 Å². The number of rotatable bonds is 2. The van der Waals surface area contributed by atoms with Crippen molar-refractivity contribution < 1.29 is 4.86 Å². The van der Waals surface area contributed by atoms with Gasteiger partial charge in [-0.25, -0.2) is 0 Å².